The Balaban J connectivity index is 0.000000136. The van der Waals surface area contributed by atoms with Gasteiger partial charge in [-0.05, 0) is 203 Å². The molecule has 124 heavy (non-hydrogen) atoms. The van der Waals surface area contributed by atoms with E-state index >= 15 is 4.79 Å². The summed E-state index contributed by atoms with van der Waals surface area (Å²) in [6.07, 6.45) is 0. The van der Waals surface area contributed by atoms with Gasteiger partial charge in [0.1, 0.15) is 11.3 Å². The Labute approximate surface area is 709 Å². The summed E-state index contributed by atoms with van der Waals surface area (Å²) < 4.78 is 17.7. The average Bonchev–Trinajstić information content (AvgIpc) is 1.54. The molecule has 0 spiro atoms. The van der Waals surface area contributed by atoms with Crippen molar-refractivity contribution in [3.63, 3.8) is 0 Å². The van der Waals surface area contributed by atoms with E-state index in [0.29, 0.717) is 10.8 Å². The van der Waals surface area contributed by atoms with Crippen molar-refractivity contribution in [1.82, 2.24) is 36.2 Å². The van der Waals surface area contributed by atoms with E-state index in [9.17, 15) is 4.79 Å². The molecule has 26 aromatic rings. The molecule has 18 aromatic carbocycles. The standard InChI is InChI=1S/2C57H36N4O/c62-57-48-36-42(30-33-54(48)61-51-27-15-12-24-45(51)55(37-16-4-1-5-17-37)56(61)60(57)41-20-8-3-9-21-41)59-50-26-14-11-23-44(50)47-35-39(29-32-53(47)59)38-28-31-52-46(34-38)43-22-10-13-25-49(43)58(52)40-18-6-2-7-19-40;62-57-46-25-10-14-29-52(46)61-51-28-13-9-24-45(51)55(37-16-3-1-4-17-37)56(61)60(57)42-21-15-20-41(36-42)59-50-27-12-8-23-44(50)48-35-39(31-33-54(48)59)38-30-32-53-47(34-38)43-22-7-11-26-49(43)58(53)40-18-5-2-6-19-40/h2*1-36H. The fourth-order valence-electron chi connectivity index (χ4n) is 20.2. The van der Waals surface area contributed by atoms with Gasteiger partial charge >= 0.3 is 0 Å². The zero-order chi connectivity index (χ0) is 81.8. The lowest BCUT2D eigenvalue weighted by atomic mass is 10.0. The summed E-state index contributed by atoms with van der Waals surface area (Å²) in [4.78, 5) is 30.2. The normalized spacial score (nSPS) is 11.9. The molecule has 0 bridgehead atoms. The molecule has 0 saturated carbocycles. The van der Waals surface area contributed by atoms with Crippen molar-refractivity contribution in [2.24, 2.45) is 0 Å². The molecule has 0 aliphatic heterocycles. The van der Waals surface area contributed by atoms with Gasteiger partial charge in [0.2, 0.25) is 0 Å². The van der Waals surface area contributed by atoms with Gasteiger partial charge in [-0.3, -0.25) is 27.5 Å². The van der Waals surface area contributed by atoms with E-state index in [-0.39, 0.29) is 11.1 Å². The quantitative estimate of drug-likeness (QED) is 0.137. The summed E-state index contributed by atoms with van der Waals surface area (Å²) in [6, 6.07) is 154. The maximum absolute atomic E-state index is 15.2. The third-order valence-corrected chi connectivity index (χ3v) is 25.5. The third-order valence-electron chi connectivity index (χ3n) is 25.5. The summed E-state index contributed by atoms with van der Waals surface area (Å²) in [6.45, 7) is 0. The molecule has 10 nitrogen and oxygen atoms in total. The lowest BCUT2D eigenvalue weighted by molar-refractivity contribution is 1.00. The van der Waals surface area contributed by atoms with Crippen LogP contribution in [-0.2, 0) is 0 Å². The van der Waals surface area contributed by atoms with E-state index in [4.69, 9.17) is 0 Å². The summed E-state index contributed by atoms with van der Waals surface area (Å²) in [5, 5.41) is 13.1. The molecular formula is C114H72N8O2. The lowest BCUT2D eigenvalue weighted by Gasteiger charge is -2.16. The smallest absolute Gasteiger partial charge is 0.266 e. The number of hydrogen-bond donors (Lipinski definition) is 0. The fraction of sp³-hybridized carbons (Fsp3) is 0. The summed E-state index contributed by atoms with van der Waals surface area (Å²) in [5.74, 6) is 0. The third kappa shape index (κ3) is 10.7. The van der Waals surface area contributed by atoms with Crippen molar-refractivity contribution in [1.29, 1.82) is 0 Å². The molecule has 0 radical (unpaired) electrons. The highest BCUT2D eigenvalue weighted by atomic mass is 16.1. The van der Waals surface area contributed by atoms with Gasteiger partial charge in [-0.2, -0.15) is 0 Å². The Morgan fingerprint density at radius 2 is 0.379 bits per heavy atom. The highest BCUT2D eigenvalue weighted by molar-refractivity contribution is 6.17. The van der Waals surface area contributed by atoms with Gasteiger partial charge in [-0.25, -0.2) is 0 Å². The van der Waals surface area contributed by atoms with Gasteiger partial charge < -0.3 is 18.3 Å². The number of aromatic nitrogens is 8. The molecule has 0 N–H and O–H groups in total. The molecule has 8 heterocycles. The maximum Gasteiger partial charge on any atom is 0.266 e. The first kappa shape index (κ1) is 70.2. The van der Waals surface area contributed by atoms with Crippen LogP contribution in [0.1, 0.15) is 0 Å². The predicted octanol–water partition coefficient (Wildman–Crippen LogP) is 27.8. The number of para-hydroxylation sites is 10. The minimum atomic E-state index is -0.0624. The van der Waals surface area contributed by atoms with Crippen molar-refractivity contribution in [3.8, 4) is 78.6 Å². The SMILES string of the molecule is O=c1c2cc(-n3c4ccccc4c4cc(-c5ccc6c(c5)c5ccccc5n6-c5ccccc5)ccc43)ccc2n2c3ccccc3c(-c3ccccc3)c2n1-c1ccccc1.O=c1c2ccccc2n2c3ccccc3c(-c3ccccc3)c2n1-c1cccc(-n2c3ccccc3c3cc(-c4ccc5c(c4)c4ccccc4n5-c4ccccc4)ccc32)c1. The molecule has 0 amide bonds. The van der Waals surface area contributed by atoms with Crippen LogP contribution in [0.2, 0.25) is 0 Å². The molecule has 0 aliphatic carbocycles. The number of rotatable bonds is 10. The van der Waals surface area contributed by atoms with E-state index in [1.165, 1.54) is 59.9 Å². The van der Waals surface area contributed by atoms with Crippen molar-refractivity contribution in [3.05, 3.63) is 457 Å². The fourth-order valence-corrected chi connectivity index (χ4v) is 20.2. The maximum atomic E-state index is 15.2. The van der Waals surface area contributed by atoms with Gasteiger partial charge in [0.25, 0.3) is 11.1 Å². The summed E-state index contributed by atoms with van der Waals surface area (Å²) in [5.41, 5.74) is 29.2. The lowest BCUT2D eigenvalue weighted by Crippen LogP contribution is -2.21. The molecular weight excluding hydrogens is 1510 g/mol. The minimum Gasteiger partial charge on any atom is -0.309 e. The van der Waals surface area contributed by atoms with Crippen LogP contribution in [0.15, 0.2) is 446 Å². The van der Waals surface area contributed by atoms with E-state index in [1.807, 2.05) is 69.8 Å². The van der Waals surface area contributed by atoms with Crippen molar-refractivity contribution in [2.75, 3.05) is 0 Å². The molecule has 0 saturated heterocycles. The van der Waals surface area contributed by atoms with Crippen LogP contribution in [0.3, 0.4) is 0 Å². The van der Waals surface area contributed by atoms with Crippen LogP contribution >= 0.6 is 0 Å². The number of nitrogens with zero attached hydrogens (tertiary/aromatic N) is 8. The average molecular weight is 1590 g/mol. The first-order valence-electron chi connectivity index (χ1n) is 42.1. The number of benzene rings is 18. The highest BCUT2D eigenvalue weighted by Crippen LogP contribution is 2.45. The van der Waals surface area contributed by atoms with Gasteiger partial charge in [0.15, 0.2) is 0 Å². The molecule has 0 atom stereocenters. The summed E-state index contributed by atoms with van der Waals surface area (Å²) in [7, 11) is 0. The number of fused-ring (bicyclic) bond motifs is 22. The largest absolute Gasteiger partial charge is 0.309 e. The molecule has 0 unspecified atom stereocenters. The van der Waals surface area contributed by atoms with Gasteiger partial charge in [0.05, 0.1) is 88.3 Å². The second-order valence-corrected chi connectivity index (χ2v) is 32.2. The molecule has 580 valence electrons. The van der Waals surface area contributed by atoms with Crippen molar-refractivity contribution in [2.45, 2.75) is 0 Å². The van der Waals surface area contributed by atoms with E-state index in [1.54, 1.807) is 0 Å². The predicted molar refractivity (Wildman–Crippen MR) is 515 cm³/mol. The van der Waals surface area contributed by atoms with Crippen LogP contribution in [-0.4, -0.2) is 36.2 Å². The number of hydrogen-bond acceptors (Lipinski definition) is 2. The van der Waals surface area contributed by atoms with E-state index in [0.717, 1.165) is 150 Å². The van der Waals surface area contributed by atoms with Crippen LogP contribution in [0.4, 0.5) is 0 Å². The monoisotopic (exact) mass is 1580 g/mol. The zero-order valence-corrected chi connectivity index (χ0v) is 67.0. The van der Waals surface area contributed by atoms with Gasteiger partial charge in [-0.1, -0.05) is 267 Å². The second kappa shape index (κ2) is 27.9. The van der Waals surface area contributed by atoms with E-state index in [2.05, 4.69) is 403 Å². The Bertz CT molecular complexity index is 9030. The van der Waals surface area contributed by atoms with Crippen LogP contribution < -0.4 is 11.1 Å². The molecule has 0 aliphatic rings. The summed E-state index contributed by atoms with van der Waals surface area (Å²) >= 11 is 0. The van der Waals surface area contributed by atoms with Crippen molar-refractivity contribution < 1.29 is 0 Å². The van der Waals surface area contributed by atoms with Crippen LogP contribution in [0.5, 0.6) is 0 Å². The first-order valence-corrected chi connectivity index (χ1v) is 42.1. The topological polar surface area (TPSA) is 72.5 Å². The second-order valence-electron chi connectivity index (χ2n) is 32.2. The Morgan fingerprint density at radius 1 is 0.137 bits per heavy atom. The molecule has 10 heteroatoms. The minimum absolute atomic E-state index is 0.0547. The van der Waals surface area contributed by atoms with Crippen LogP contribution in [0, 0.1) is 0 Å². The van der Waals surface area contributed by atoms with Gasteiger partial charge in [0, 0.05) is 87.7 Å². The Kier molecular flexibility index (Phi) is 15.8. The van der Waals surface area contributed by atoms with E-state index < -0.39 is 0 Å². The highest BCUT2D eigenvalue weighted by Gasteiger charge is 2.27. The molecule has 26 rings (SSSR count). The van der Waals surface area contributed by atoms with Gasteiger partial charge in [-0.15, -0.1) is 0 Å². The Morgan fingerprint density at radius 3 is 0.758 bits per heavy atom. The molecule has 0 fully saturated rings. The van der Waals surface area contributed by atoms with Crippen LogP contribution in [0.25, 0.3) is 221 Å². The first-order chi connectivity index (χ1) is 61.4. The van der Waals surface area contributed by atoms with Crippen molar-refractivity contribution >= 4 is 142 Å². The zero-order valence-electron chi connectivity index (χ0n) is 67.0. The molecule has 8 aromatic heterocycles. The Hall–Kier alpha value is -16.8.